The molecule has 2 aliphatic rings. The number of anilines is 1. The van der Waals surface area contributed by atoms with Gasteiger partial charge in [0, 0.05) is 17.8 Å². The van der Waals surface area contributed by atoms with E-state index in [1.54, 1.807) is 0 Å². The molecule has 0 bridgehead atoms. The Morgan fingerprint density at radius 1 is 1.16 bits per heavy atom. The van der Waals surface area contributed by atoms with Crippen LogP contribution in [0.4, 0.5) is 5.69 Å². The van der Waals surface area contributed by atoms with Gasteiger partial charge in [-0.1, -0.05) is 26.7 Å². The molecule has 0 amide bonds. The lowest BCUT2D eigenvalue weighted by atomic mass is 9.79. The largest absolute Gasteiger partial charge is 0.454 e. The van der Waals surface area contributed by atoms with Crippen LogP contribution in [0, 0.1) is 11.8 Å². The maximum Gasteiger partial charge on any atom is 0.231 e. The van der Waals surface area contributed by atoms with Gasteiger partial charge in [-0.05, 0) is 36.8 Å². The molecule has 3 heteroatoms. The smallest absolute Gasteiger partial charge is 0.231 e. The first kappa shape index (κ1) is 12.6. The van der Waals surface area contributed by atoms with E-state index in [2.05, 4.69) is 31.3 Å². The van der Waals surface area contributed by atoms with Gasteiger partial charge in [0.1, 0.15) is 0 Å². The minimum absolute atomic E-state index is 0.345. The Morgan fingerprint density at radius 2 is 2.00 bits per heavy atom. The second-order valence-electron chi connectivity index (χ2n) is 6.08. The highest BCUT2D eigenvalue weighted by Gasteiger charge is 2.24. The van der Waals surface area contributed by atoms with Crippen molar-refractivity contribution in [2.45, 2.75) is 45.6 Å². The molecule has 1 aliphatic heterocycles. The van der Waals surface area contributed by atoms with Crippen LogP contribution in [0.2, 0.25) is 0 Å². The normalized spacial score (nSPS) is 25.6. The van der Waals surface area contributed by atoms with Gasteiger partial charge < -0.3 is 14.8 Å². The van der Waals surface area contributed by atoms with E-state index in [4.69, 9.17) is 9.47 Å². The molecule has 1 aromatic rings. The third-order valence-corrected chi connectivity index (χ3v) is 4.40. The van der Waals surface area contributed by atoms with Crippen molar-refractivity contribution in [1.29, 1.82) is 0 Å². The first-order valence-electron chi connectivity index (χ1n) is 7.38. The number of hydrogen-bond acceptors (Lipinski definition) is 3. The van der Waals surface area contributed by atoms with E-state index in [0.717, 1.165) is 29.0 Å². The SMILES string of the molecule is CC(C)C1CCCC(Nc2ccc3c(c2)OCO3)C1. The quantitative estimate of drug-likeness (QED) is 0.890. The summed E-state index contributed by atoms with van der Waals surface area (Å²) in [4.78, 5) is 0. The summed E-state index contributed by atoms with van der Waals surface area (Å²) in [5.74, 6) is 3.37. The Labute approximate surface area is 115 Å². The summed E-state index contributed by atoms with van der Waals surface area (Å²) in [5.41, 5.74) is 1.15. The topological polar surface area (TPSA) is 30.5 Å². The molecule has 1 fully saturated rings. The second-order valence-corrected chi connectivity index (χ2v) is 6.08. The van der Waals surface area contributed by atoms with Gasteiger partial charge in [0.25, 0.3) is 0 Å². The average molecular weight is 261 g/mol. The Morgan fingerprint density at radius 3 is 2.84 bits per heavy atom. The van der Waals surface area contributed by atoms with E-state index >= 15 is 0 Å². The second kappa shape index (κ2) is 5.32. The van der Waals surface area contributed by atoms with Gasteiger partial charge in [-0.25, -0.2) is 0 Å². The minimum Gasteiger partial charge on any atom is -0.454 e. The van der Waals surface area contributed by atoms with Gasteiger partial charge >= 0.3 is 0 Å². The van der Waals surface area contributed by atoms with Crippen LogP contribution in [0.5, 0.6) is 11.5 Å². The molecule has 0 aromatic heterocycles. The molecule has 104 valence electrons. The Bertz CT molecular complexity index is 444. The summed E-state index contributed by atoms with van der Waals surface area (Å²) in [6.45, 7) is 5.03. The Hall–Kier alpha value is -1.38. The number of rotatable bonds is 3. The summed E-state index contributed by atoms with van der Waals surface area (Å²) in [6.07, 6.45) is 5.28. The molecule has 2 unspecified atom stereocenters. The molecule has 0 saturated heterocycles. The molecule has 1 aliphatic carbocycles. The van der Waals surface area contributed by atoms with Gasteiger partial charge in [-0.15, -0.1) is 0 Å². The molecule has 3 rings (SSSR count). The van der Waals surface area contributed by atoms with E-state index < -0.39 is 0 Å². The molecular formula is C16H23NO2. The fourth-order valence-corrected chi connectivity index (χ4v) is 3.19. The van der Waals surface area contributed by atoms with Crippen molar-refractivity contribution in [2.24, 2.45) is 11.8 Å². The van der Waals surface area contributed by atoms with Crippen LogP contribution in [0.1, 0.15) is 39.5 Å². The van der Waals surface area contributed by atoms with Crippen molar-refractivity contribution < 1.29 is 9.47 Å². The van der Waals surface area contributed by atoms with E-state index in [1.165, 1.54) is 25.7 Å². The highest BCUT2D eigenvalue weighted by molar-refractivity contribution is 5.56. The van der Waals surface area contributed by atoms with Crippen LogP contribution >= 0.6 is 0 Å². The van der Waals surface area contributed by atoms with Crippen LogP contribution in [0.3, 0.4) is 0 Å². The zero-order chi connectivity index (χ0) is 13.2. The first-order valence-corrected chi connectivity index (χ1v) is 7.38. The van der Waals surface area contributed by atoms with Crippen molar-refractivity contribution >= 4 is 5.69 Å². The molecule has 1 aromatic carbocycles. The molecular weight excluding hydrogens is 238 g/mol. The lowest BCUT2D eigenvalue weighted by molar-refractivity contribution is 0.174. The number of fused-ring (bicyclic) bond motifs is 1. The van der Waals surface area contributed by atoms with E-state index in [9.17, 15) is 0 Å². The van der Waals surface area contributed by atoms with Gasteiger partial charge in [-0.3, -0.25) is 0 Å². The standard InChI is InChI=1S/C16H23NO2/c1-11(2)12-4-3-5-13(8-12)17-14-6-7-15-16(9-14)19-10-18-15/h6-7,9,11-13,17H,3-5,8,10H2,1-2H3. The fourth-order valence-electron chi connectivity index (χ4n) is 3.19. The number of ether oxygens (including phenoxy) is 2. The highest BCUT2D eigenvalue weighted by atomic mass is 16.7. The molecule has 1 saturated carbocycles. The molecule has 3 nitrogen and oxygen atoms in total. The van der Waals surface area contributed by atoms with E-state index in [0.29, 0.717) is 12.8 Å². The molecule has 19 heavy (non-hydrogen) atoms. The van der Waals surface area contributed by atoms with Crippen molar-refractivity contribution in [3.8, 4) is 11.5 Å². The van der Waals surface area contributed by atoms with Gasteiger partial charge in [0.05, 0.1) is 0 Å². The van der Waals surface area contributed by atoms with Gasteiger partial charge in [0.15, 0.2) is 11.5 Å². The van der Waals surface area contributed by atoms with Crippen molar-refractivity contribution in [3.05, 3.63) is 18.2 Å². The third kappa shape index (κ3) is 2.80. The van der Waals surface area contributed by atoms with Crippen molar-refractivity contribution in [2.75, 3.05) is 12.1 Å². The van der Waals surface area contributed by atoms with Crippen LogP contribution in [0.15, 0.2) is 18.2 Å². The van der Waals surface area contributed by atoms with E-state index in [-0.39, 0.29) is 0 Å². The molecule has 2 atom stereocenters. The fraction of sp³-hybridized carbons (Fsp3) is 0.625. The van der Waals surface area contributed by atoms with Gasteiger partial charge in [0.2, 0.25) is 6.79 Å². The van der Waals surface area contributed by atoms with Crippen LogP contribution in [0.25, 0.3) is 0 Å². The Balaban J connectivity index is 1.64. The summed E-state index contributed by atoms with van der Waals surface area (Å²) in [7, 11) is 0. The summed E-state index contributed by atoms with van der Waals surface area (Å²) in [5, 5.41) is 3.66. The molecule has 1 N–H and O–H groups in total. The highest BCUT2D eigenvalue weighted by Crippen LogP contribution is 2.36. The lowest BCUT2D eigenvalue weighted by Gasteiger charge is -2.32. The maximum atomic E-state index is 5.43. The van der Waals surface area contributed by atoms with Crippen LogP contribution in [-0.4, -0.2) is 12.8 Å². The first-order chi connectivity index (χ1) is 9.22. The predicted molar refractivity (Wildman–Crippen MR) is 76.8 cm³/mol. The van der Waals surface area contributed by atoms with Crippen LogP contribution < -0.4 is 14.8 Å². The zero-order valence-corrected chi connectivity index (χ0v) is 11.8. The summed E-state index contributed by atoms with van der Waals surface area (Å²) >= 11 is 0. The summed E-state index contributed by atoms with van der Waals surface area (Å²) in [6, 6.07) is 6.74. The van der Waals surface area contributed by atoms with Crippen molar-refractivity contribution in [3.63, 3.8) is 0 Å². The average Bonchev–Trinajstić information content (AvgIpc) is 2.86. The zero-order valence-electron chi connectivity index (χ0n) is 11.8. The minimum atomic E-state index is 0.345. The molecule has 0 spiro atoms. The summed E-state index contributed by atoms with van der Waals surface area (Å²) < 4.78 is 10.8. The van der Waals surface area contributed by atoms with E-state index in [1.807, 2.05) is 6.07 Å². The van der Waals surface area contributed by atoms with Crippen molar-refractivity contribution in [1.82, 2.24) is 0 Å². The molecule has 0 radical (unpaired) electrons. The number of nitrogens with one attached hydrogen (secondary N) is 1. The Kier molecular flexibility index (Phi) is 3.54. The molecule has 1 heterocycles. The lowest BCUT2D eigenvalue weighted by Crippen LogP contribution is -2.29. The number of hydrogen-bond donors (Lipinski definition) is 1. The number of benzene rings is 1. The monoisotopic (exact) mass is 261 g/mol. The maximum absolute atomic E-state index is 5.43. The predicted octanol–water partition coefficient (Wildman–Crippen LogP) is 4.04. The third-order valence-electron chi connectivity index (χ3n) is 4.40. The van der Waals surface area contributed by atoms with Gasteiger partial charge in [-0.2, -0.15) is 0 Å². The van der Waals surface area contributed by atoms with Crippen LogP contribution in [-0.2, 0) is 0 Å².